The molecule has 15 heavy (non-hydrogen) atoms. The van der Waals surface area contributed by atoms with Crippen LogP contribution in [-0.4, -0.2) is 4.98 Å². The van der Waals surface area contributed by atoms with Crippen LogP contribution in [0.4, 0.5) is 5.82 Å². The maximum atomic E-state index is 5.84. The van der Waals surface area contributed by atoms with Gasteiger partial charge in [-0.15, -0.1) is 11.3 Å². The van der Waals surface area contributed by atoms with Crippen LogP contribution < -0.4 is 5.32 Å². The van der Waals surface area contributed by atoms with Gasteiger partial charge in [-0.1, -0.05) is 11.6 Å². The Bertz CT molecular complexity index is 458. The fourth-order valence-electron chi connectivity index (χ4n) is 1.13. The van der Waals surface area contributed by atoms with Gasteiger partial charge in [0.1, 0.15) is 5.82 Å². The van der Waals surface area contributed by atoms with E-state index in [0.29, 0.717) is 0 Å². The van der Waals surface area contributed by atoms with Crippen LogP contribution in [-0.2, 0) is 6.54 Å². The summed E-state index contributed by atoms with van der Waals surface area (Å²) in [6.45, 7) is 0.743. The zero-order chi connectivity index (χ0) is 10.7. The molecule has 0 bridgehead atoms. The van der Waals surface area contributed by atoms with Gasteiger partial charge in [0.05, 0.1) is 15.4 Å². The summed E-state index contributed by atoms with van der Waals surface area (Å²) in [5.41, 5.74) is 0. The lowest BCUT2D eigenvalue weighted by Gasteiger charge is -2.04. The monoisotopic (exact) mass is 302 g/mol. The molecule has 2 rings (SSSR count). The van der Waals surface area contributed by atoms with Crippen molar-refractivity contribution in [3.8, 4) is 0 Å². The van der Waals surface area contributed by atoms with Crippen LogP contribution >= 0.6 is 38.9 Å². The van der Waals surface area contributed by atoms with Crippen LogP contribution in [0.2, 0.25) is 4.34 Å². The molecule has 0 aromatic carbocycles. The second kappa shape index (κ2) is 4.96. The Balaban J connectivity index is 2.02. The Morgan fingerprint density at radius 2 is 2.27 bits per heavy atom. The van der Waals surface area contributed by atoms with Crippen molar-refractivity contribution in [3.05, 3.63) is 44.1 Å². The highest BCUT2D eigenvalue weighted by molar-refractivity contribution is 9.10. The van der Waals surface area contributed by atoms with Gasteiger partial charge in [0.25, 0.3) is 0 Å². The maximum absolute atomic E-state index is 5.84. The lowest BCUT2D eigenvalue weighted by atomic mass is 10.4. The minimum Gasteiger partial charge on any atom is -0.364 e. The third kappa shape index (κ3) is 2.93. The molecule has 0 spiro atoms. The molecule has 0 fully saturated rings. The summed E-state index contributed by atoms with van der Waals surface area (Å²) >= 11 is 10.8. The van der Waals surface area contributed by atoms with Gasteiger partial charge in [-0.05, 0) is 40.2 Å². The predicted octanol–water partition coefficient (Wildman–Crippen LogP) is 4.17. The molecule has 0 unspecified atom stereocenters. The molecule has 1 N–H and O–H groups in total. The summed E-state index contributed by atoms with van der Waals surface area (Å²) < 4.78 is 1.78. The molecule has 0 saturated heterocycles. The average Bonchev–Trinajstić information content (AvgIpc) is 2.63. The van der Waals surface area contributed by atoms with Crippen molar-refractivity contribution in [3.63, 3.8) is 0 Å². The van der Waals surface area contributed by atoms with Gasteiger partial charge in [-0.3, -0.25) is 0 Å². The Labute approximate surface area is 105 Å². The van der Waals surface area contributed by atoms with E-state index in [2.05, 4.69) is 26.2 Å². The Morgan fingerprint density at radius 3 is 2.93 bits per heavy atom. The van der Waals surface area contributed by atoms with Crippen molar-refractivity contribution >= 4 is 44.7 Å². The number of aromatic nitrogens is 1. The zero-order valence-electron chi connectivity index (χ0n) is 7.71. The van der Waals surface area contributed by atoms with E-state index in [-0.39, 0.29) is 0 Å². The van der Waals surface area contributed by atoms with Gasteiger partial charge in [0.2, 0.25) is 0 Å². The second-order valence-electron chi connectivity index (χ2n) is 2.89. The van der Waals surface area contributed by atoms with Crippen LogP contribution in [0, 0.1) is 0 Å². The molecule has 2 aromatic heterocycles. The van der Waals surface area contributed by atoms with Crippen LogP contribution in [0.15, 0.2) is 34.9 Å². The average molecular weight is 304 g/mol. The molecule has 0 aliphatic rings. The first-order chi connectivity index (χ1) is 7.25. The molecule has 5 heteroatoms. The summed E-state index contributed by atoms with van der Waals surface area (Å²) in [5, 5.41) is 3.24. The van der Waals surface area contributed by atoms with Crippen LogP contribution in [0.1, 0.15) is 4.88 Å². The minimum absolute atomic E-state index is 0.743. The van der Waals surface area contributed by atoms with E-state index in [1.807, 2.05) is 24.3 Å². The zero-order valence-corrected chi connectivity index (χ0v) is 10.9. The SMILES string of the molecule is Clc1ccc(CNc2ncccc2Br)s1. The van der Waals surface area contributed by atoms with Crippen LogP contribution in [0.25, 0.3) is 0 Å². The first-order valence-electron chi connectivity index (χ1n) is 4.34. The van der Waals surface area contributed by atoms with Crippen molar-refractivity contribution in [2.24, 2.45) is 0 Å². The number of hydrogen-bond acceptors (Lipinski definition) is 3. The fraction of sp³-hybridized carbons (Fsp3) is 0.100. The highest BCUT2D eigenvalue weighted by atomic mass is 79.9. The molecule has 2 aromatic rings. The van der Waals surface area contributed by atoms with E-state index in [1.54, 1.807) is 17.5 Å². The Kier molecular flexibility index (Phi) is 3.61. The summed E-state index contributed by atoms with van der Waals surface area (Å²) in [6, 6.07) is 7.75. The Hall–Kier alpha value is -0.580. The van der Waals surface area contributed by atoms with Gasteiger partial charge >= 0.3 is 0 Å². The number of rotatable bonds is 3. The summed E-state index contributed by atoms with van der Waals surface area (Å²) in [5.74, 6) is 0.849. The predicted molar refractivity (Wildman–Crippen MR) is 68.6 cm³/mol. The largest absolute Gasteiger partial charge is 0.364 e. The van der Waals surface area contributed by atoms with Crippen LogP contribution in [0.3, 0.4) is 0 Å². The molecule has 78 valence electrons. The molecule has 0 amide bonds. The molecule has 2 heterocycles. The lowest BCUT2D eigenvalue weighted by Crippen LogP contribution is -1.99. The van der Waals surface area contributed by atoms with Gasteiger partial charge in [-0.25, -0.2) is 4.98 Å². The van der Waals surface area contributed by atoms with E-state index >= 15 is 0 Å². The molecular formula is C10H8BrClN2S. The highest BCUT2D eigenvalue weighted by Crippen LogP contribution is 2.23. The number of anilines is 1. The Morgan fingerprint density at radius 1 is 1.40 bits per heavy atom. The molecule has 0 atom stereocenters. The van der Waals surface area contributed by atoms with Crippen molar-refractivity contribution in [1.29, 1.82) is 0 Å². The quantitative estimate of drug-likeness (QED) is 0.920. The molecule has 0 saturated carbocycles. The van der Waals surface area contributed by atoms with E-state index in [4.69, 9.17) is 11.6 Å². The number of nitrogens with one attached hydrogen (secondary N) is 1. The topological polar surface area (TPSA) is 24.9 Å². The number of halogens is 2. The van der Waals surface area contributed by atoms with E-state index in [9.17, 15) is 0 Å². The minimum atomic E-state index is 0.743. The molecule has 0 radical (unpaired) electrons. The van der Waals surface area contributed by atoms with Gasteiger partial charge in [-0.2, -0.15) is 0 Å². The lowest BCUT2D eigenvalue weighted by molar-refractivity contribution is 1.13. The summed E-state index contributed by atoms with van der Waals surface area (Å²) in [4.78, 5) is 5.41. The highest BCUT2D eigenvalue weighted by Gasteiger charge is 2.01. The van der Waals surface area contributed by atoms with Crippen molar-refractivity contribution < 1.29 is 0 Å². The van der Waals surface area contributed by atoms with Gasteiger partial charge in [0.15, 0.2) is 0 Å². The maximum Gasteiger partial charge on any atom is 0.140 e. The smallest absolute Gasteiger partial charge is 0.140 e. The summed E-state index contributed by atoms with van der Waals surface area (Å²) in [6.07, 6.45) is 1.76. The first kappa shape index (κ1) is 10.9. The summed E-state index contributed by atoms with van der Waals surface area (Å²) in [7, 11) is 0. The van der Waals surface area contributed by atoms with E-state index in [1.165, 1.54) is 4.88 Å². The molecule has 2 nitrogen and oxygen atoms in total. The van der Waals surface area contributed by atoms with Crippen molar-refractivity contribution in [1.82, 2.24) is 4.98 Å². The number of nitrogens with zero attached hydrogens (tertiary/aromatic N) is 1. The molecular weight excluding hydrogens is 296 g/mol. The molecule has 0 aliphatic carbocycles. The van der Waals surface area contributed by atoms with Crippen LogP contribution in [0.5, 0.6) is 0 Å². The number of pyridine rings is 1. The second-order valence-corrected chi connectivity index (χ2v) is 5.55. The fourth-order valence-corrected chi connectivity index (χ4v) is 2.56. The number of thiophene rings is 1. The first-order valence-corrected chi connectivity index (χ1v) is 6.33. The third-order valence-corrected chi connectivity index (χ3v) is 3.69. The number of hydrogen-bond donors (Lipinski definition) is 1. The molecule has 0 aliphatic heterocycles. The third-order valence-electron chi connectivity index (χ3n) is 1.82. The van der Waals surface area contributed by atoms with Crippen molar-refractivity contribution in [2.75, 3.05) is 5.32 Å². The standard InChI is InChI=1S/C10H8BrClN2S/c11-8-2-1-5-13-10(8)14-6-7-3-4-9(12)15-7/h1-5H,6H2,(H,13,14). The van der Waals surface area contributed by atoms with E-state index < -0.39 is 0 Å². The van der Waals surface area contributed by atoms with Crippen molar-refractivity contribution in [2.45, 2.75) is 6.54 Å². The van der Waals surface area contributed by atoms with Gasteiger partial charge < -0.3 is 5.32 Å². The normalized spacial score (nSPS) is 10.3. The van der Waals surface area contributed by atoms with Gasteiger partial charge in [0, 0.05) is 11.1 Å². The van der Waals surface area contributed by atoms with E-state index in [0.717, 1.165) is 21.2 Å².